The Morgan fingerprint density at radius 3 is 2.53 bits per heavy atom. The maximum absolute atomic E-state index is 5.73. The highest BCUT2D eigenvalue weighted by molar-refractivity contribution is 5.64. The van der Waals surface area contributed by atoms with E-state index >= 15 is 0 Å². The summed E-state index contributed by atoms with van der Waals surface area (Å²) in [5.74, 6) is 0. The predicted molar refractivity (Wildman–Crippen MR) is 62.3 cm³/mol. The molecule has 4 N–H and O–H groups in total. The summed E-state index contributed by atoms with van der Waals surface area (Å²) in [7, 11) is 0. The lowest BCUT2D eigenvalue weighted by molar-refractivity contribution is 1.15. The van der Waals surface area contributed by atoms with Crippen molar-refractivity contribution in [2.45, 2.75) is 6.42 Å². The van der Waals surface area contributed by atoms with E-state index in [2.05, 4.69) is 4.98 Å². The standard InChI is InChI=1S/C12H13N3/c13-11-4-3-9(7-12(11)14)6-10-2-1-5-15-8-10/h1-5,7-8H,6,13-14H2. The normalized spacial score (nSPS) is 10.1. The summed E-state index contributed by atoms with van der Waals surface area (Å²) >= 11 is 0. The van der Waals surface area contributed by atoms with Crippen molar-refractivity contribution in [3.05, 3.63) is 53.9 Å². The van der Waals surface area contributed by atoms with Crippen LogP contribution in [0.15, 0.2) is 42.7 Å². The van der Waals surface area contributed by atoms with Gasteiger partial charge in [0.25, 0.3) is 0 Å². The van der Waals surface area contributed by atoms with Crippen LogP contribution in [0, 0.1) is 0 Å². The second kappa shape index (κ2) is 4.00. The fraction of sp³-hybridized carbons (Fsp3) is 0.0833. The molecule has 0 saturated carbocycles. The lowest BCUT2D eigenvalue weighted by atomic mass is 10.1. The molecule has 1 aromatic heterocycles. The molecule has 0 aliphatic rings. The smallest absolute Gasteiger partial charge is 0.0550 e. The molecule has 2 rings (SSSR count). The van der Waals surface area contributed by atoms with Crippen LogP contribution in [0.5, 0.6) is 0 Å². The van der Waals surface area contributed by atoms with Crippen molar-refractivity contribution in [1.82, 2.24) is 4.98 Å². The van der Waals surface area contributed by atoms with Gasteiger partial charge in [-0.05, 0) is 35.7 Å². The molecule has 3 nitrogen and oxygen atoms in total. The minimum Gasteiger partial charge on any atom is -0.397 e. The third-order valence-electron chi connectivity index (χ3n) is 2.28. The van der Waals surface area contributed by atoms with Crippen molar-refractivity contribution in [1.29, 1.82) is 0 Å². The zero-order chi connectivity index (χ0) is 10.7. The van der Waals surface area contributed by atoms with E-state index in [1.165, 1.54) is 5.56 Å². The number of anilines is 2. The number of nitrogens with zero attached hydrogens (tertiary/aromatic N) is 1. The van der Waals surface area contributed by atoms with Crippen LogP contribution in [0.25, 0.3) is 0 Å². The first-order chi connectivity index (χ1) is 7.25. The highest BCUT2D eigenvalue weighted by atomic mass is 14.7. The van der Waals surface area contributed by atoms with Gasteiger partial charge in [0.05, 0.1) is 11.4 Å². The summed E-state index contributed by atoms with van der Waals surface area (Å²) in [6.45, 7) is 0. The van der Waals surface area contributed by atoms with Crippen LogP contribution in [0.4, 0.5) is 11.4 Å². The average Bonchev–Trinajstić information content (AvgIpc) is 2.25. The summed E-state index contributed by atoms with van der Waals surface area (Å²) in [4.78, 5) is 4.06. The molecule has 0 unspecified atom stereocenters. The minimum absolute atomic E-state index is 0.630. The van der Waals surface area contributed by atoms with E-state index in [4.69, 9.17) is 11.5 Å². The Bertz CT molecular complexity index is 452. The minimum atomic E-state index is 0.630. The summed E-state index contributed by atoms with van der Waals surface area (Å²) < 4.78 is 0. The fourth-order valence-electron chi connectivity index (χ4n) is 1.47. The molecule has 0 amide bonds. The Labute approximate surface area is 88.8 Å². The first-order valence-corrected chi connectivity index (χ1v) is 4.78. The second-order valence-electron chi connectivity index (χ2n) is 3.50. The molecule has 1 aromatic carbocycles. The third-order valence-corrected chi connectivity index (χ3v) is 2.28. The molecule has 0 atom stereocenters. The van der Waals surface area contributed by atoms with Gasteiger partial charge in [0.1, 0.15) is 0 Å². The molecule has 76 valence electrons. The van der Waals surface area contributed by atoms with Gasteiger partial charge >= 0.3 is 0 Å². The maximum atomic E-state index is 5.73. The van der Waals surface area contributed by atoms with Gasteiger partial charge in [-0.2, -0.15) is 0 Å². The average molecular weight is 199 g/mol. The van der Waals surface area contributed by atoms with Crippen LogP contribution in [-0.2, 0) is 6.42 Å². The number of benzene rings is 1. The Hall–Kier alpha value is -2.03. The van der Waals surface area contributed by atoms with E-state index in [9.17, 15) is 0 Å². The molecule has 15 heavy (non-hydrogen) atoms. The lowest BCUT2D eigenvalue weighted by Gasteiger charge is -2.04. The van der Waals surface area contributed by atoms with Gasteiger partial charge in [-0.15, -0.1) is 0 Å². The Morgan fingerprint density at radius 2 is 1.87 bits per heavy atom. The lowest BCUT2D eigenvalue weighted by Crippen LogP contribution is -1.96. The van der Waals surface area contributed by atoms with E-state index < -0.39 is 0 Å². The predicted octanol–water partition coefficient (Wildman–Crippen LogP) is 1.84. The summed E-state index contributed by atoms with van der Waals surface area (Å²) in [6.07, 6.45) is 4.45. The molecule has 3 heteroatoms. The molecule has 0 saturated heterocycles. The van der Waals surface area contributed by atoms with Crippen LogP contribution in [-0.4, -0.2) is 4.98 Å². The quantitative estimate of drug-likeness (QED) is 0.725. The number of hydrogen-bond donors (Lipinski definition) is 2. The van der Waals surface area contributed by atoms with Crippen molar-refractivity contribution >= 4 is 11.4 Å². The van der Waals surface area contributed by atoms with Crippen LogP contribution in [0.2, 0.25) is 0 Å². The monoisotopic (exact) mass is 199 g/mol. The number of pyridine rings is 1. The molecule has 2 aromatic rings. The van der Waals surface area contributed by atoms with Gasteiger partial charge in [0, 0.05) is 12.4 Å². The topological polar surface area (TPSA) is 64.9 Å². The number of nitrogen functional groups attached to an aromatic ring is 2. The van der Waals surface area contributed by atoms with Gasteiger partial charge in [-0.25, -0.2) is 0 Å². The van der Waals surface area contributed by atoms with Gasteiger partial charge in [-0.1, -0.05) is 12.1 Å². The number of hydrogen-bond acceptors (Lipinski definition) is 3. The van der Waals surface area contributed by atoms with Gasteiger partial charge in [0.2, 0.25) is 0 Å². The van der Waals surface area contributed by atoms with Crippen LogP contribution in [0.3, 0.4) is 0 Å². The summed E-state index contributed by atoms with van der Waals surface area (Å²) in [6, 6.07) is 9.69. The zero-order valence-corrected chi connectivity index (χ0v) is 8.35. The molecule has 0 radical (unpaired) electrons. The molecule has 0 fully saturated rings. The van der Waals surface area contributed by atoms with Crippen molar-refractivity contribution in [2.75, 3.05) is 11.5 Å². The molecule has 0 bridgehead atoms. The van der Waals surface area contributed by atoms with Crippen LogP contribution >= 0.6 is 0 Å². The van der Waals surface area contributed by atoms with Gasteiger partial charge < -0.3 is 11.5 Å². The highest BCUT2D eigenvalue weighted by Gasteiger charge is 1.99. The zero-order valence-electron chi connectivity index (χ0n) is 8.35. The van der Waals surface area contributed by atoms with E-state index in [0.717, 1.165) is 12.0 Å². The molecule has 0 aliphatic carbocycles. The maximum Gasteiger partial charge on any atom is 0.0550 e. The van der Waals surface area contributed by atoms with Crippen LogP contribution < -0.4 is 11.5 Å². The molecule has 0 aliphatic heterocycles. The van der Waals surface area contributed by atoms with E-state index in [1.54, 1.807) is 6.20 Å². The second-order valence-corrected chi connectivity index (χ2v) is 3.50. The fourth-order valence-corrected chi connectivity index (χ4v) is 1.47. The third kappa shape index (κ3) is 2.26. The highest BCUT2D eigenvalue weighted by Crippen LogP contribution is 2.18. The molecule has 1 heterocycles. The molecule has 0 spiro atoms. The number of rotatable bonds is 2. The number of aromatic nitrogens is 1. The van der Waals surface area contributed by atoms with E-state index in [-0.39, 0.29) is 0 Å². The summed E-state index contributed by atoms with van der Waals surface area (Å²) in [5.41, 5.74) is 15.0. The SMILES string of the molecule is Nc1ccc(Cc2cccnc2)cc1N. The van der Waals surface area contributed by atoms with Crippen molar-refractivity contribution in [3.8, 4) is 0 Å². The first kappa shape index (κ1) is 9.52. The van der Waals surface area contributed by atoms with Gasteiger partial charge in [-0.3, -0.25) is 4.98 Å². The number of nitrogens with two attached hydrogens (primary N) is 2. The van der Waals surface area contributed by atoms with E-state index in [1.807, 2.05) is 36.5 Å². The van der Waals surface area contributed by atoms with Crippen molar-refractivity contribution in [3.63, 3.8) is 0 Å². The Morgan fingerprint density at radius 1 is 1.00 bits per heavy atom. The largest absolute Gasteiger partial charge is 0.397 e. The van der Waals surface area contributed by atoms with Crippen LogP contribution in [0.1, 0.15) is 11.1 Å². The Kier molecular flexibility index (Phi) is 2.54. The Balaban J connectivity index is 2.22. The van der Waals surface area contributed by atoms with Crippen molar-refractivity contribution < 1.29 is 0 Å². The summed E-state index contributed by atoms with van der Waals surface area (Å²) in [5, 5.41) is 0. The molecular formula is C12H13N3. The van der Waals surface area contributed by atoms with E-state index in [0.29, 0.717) is 11.4 Å². The molecular weight excluding hydrogens is 186 g/mol. The first-order valence-electron chi connectivity index (χ1n) is 4.78. The van der Waals surface area contributed by atoms with Crippen molar-refractivity contribution in [2.24, 2.45) is 0 Å². The van der Waals surface area contributed by atoms with Gasteiger partial charge in [0.15, 0.2) is 0 Å².